The molecule has 1 amide bonds. The van der Waals surface area contributed by atoms with Crippen LogP contribution in [0.15, 0.2) is 30.2 Å². The van der Waals surface area contributed by atoms with Gasteiger partial charge in [-0.1, -0.05) is 0 Å². The number of carbonyl (C=O) groups is 1. The zero-order valence-electron chi connectivity index (χ0n) is 12.4. The van der Waals surface area contributed by atoms with Gasteiger partial charge in [0.2, 0.25) is 0 Å². The number of likely N-dealkylation sites (tertiary alicyclic amines) is 1. The Kier molecular flexibility index (Phi) is 3.50. The average molecular weight is 331 g/mol. The van der Waals surface area contributed by atoms with E-state index in [0.717, 1.165) is 36.4 Å². The van der Waals surface area contributed by atoms with Gasteiger partial charge in [-0.3, -0.25) is 4.79 Å². The van der Waals surface area contributed by atoms with E-state index < -0.39 is 0 Å². The molecule has 0 bridgehead atoms. The van der Waals surface area contributed by atoms with Crippen LogP contribution in [0.5, 0.6) is 0 Å². The highest BCUT2D eigenvalue weighted by molar-refractivity contribution is 7.28. The summed E-state index contributed by atoms with van der Waals surface area (Å²) in [5.74, 6) is 0.190. The normalized spacial score (nSPS) is 19.0. The summed E-state index contributed by atoms with van der Waals surface area (Å²) in [6.07, 6.45) is 7.81. The van der Waals surface area contributed by atoms with Crippen LogP contribution in [-0.4, -0.2) is 33.4 Å². The van der Waals surface area contributed by atoms with Crippen LogP contribution in [-0.2, 0) is 0 Å². The molecule has 0 unspecified atom stereocenters. The lowest BCUT2D eigenvalue weighted by molar-refractivity contribution is 0.0684. The van der Waals surface area contributed by atoms with Crippen molar-refractivity contribution in [3.8, 4) is 0 Å². The van der Waals surface area contributed by atoms with Crippen molar-refractivity contribution in [2.75, 3.05) is 13.1 Å². The Morgan fingerprint density at radius 3 is 3.14 bits per heavy atom. The number of piperidine rings is 1. The van der Waals surface area contributed by atoms with Crippen LogP contribution in [0.25, 0.3) is 9.40 Å². The van der Waals surface area contributed by atoms with Crippen LogP contribution in [0.4, 0.5) is 0 Å². The Morgan fingerprint density at radius 2 is 2.36 bits per heavy atom. The van der Waals surface area contributed by atoms with Crippen LogP contribution in [0.1, 0.15) is 34.1 Å². The summed E-state index contributed by atoms with van der Waals surface area (Å²) in [6, 6.07) is 2.46. The Morgan fingerprint density at radius 1 is 1.45 bits per heavy atom. The van der Waals surface area contributed by atoms with Gasteiger partial charge in [0.05, 0.1) is 17.2 Å². The fourth-order valence-corrected chi connectivity index (χ4v) is 5.45. The van der Waals surface area contributed by atoms with Gasteiger partial charge in [-0.25, -0.2) is 4.98 Å². The molecule has 0 aromatic carbocycles. The van der Waals surface area contributed by atoms with E-state index in [-0.39, 0.29) is 5.91 Å². The van der Waals surface area contributed by atoms with Gasteiger partial charge in [0.1, 0.15) is 0 Å². The number of carbonyl (C=O) groups excluding carboxylic acids is 1. The van der Waals surface area contributed by atoms with Gasteiger partial charge in [0, 0.05) is 34.9 Å². The summed E-state index contributed by atoms with van der Waals surface area (Å²) in [5.41, 5.74) is 1.14. The first kappa shape index (κ1) is 14.0. The zero-order valence-corrected chi connectivity index (χ0v) is 14.0. The van der Waals surface area contributed by atoms with E-state index >= 15 is 0 Å². The maximum absolute atomic E-state index is 12.9. The molecule has 1 atom stereocenters. The third-order valence-electron chi connectivity index (χ3n) is 4.35. The second-order valence-corrected chi connectivity index (χ2v) is 7.70. The Hall–Kier alpha value is -1.66. The smallest absolute Gasteiger partial charge is 0.264 e. The first-order valence-corrected chi connectivity index (χ1v) is 9.17. The van der Waals surface area contributed by atoms with E-state index in [1.807, 2.05) is 17.4 Å². The van der Waals surface area contributed by atoms with Gasteiger partial charge in [0.25, 0.3) is 5.91 Å². The quantitative estimate of drug-likeness (QED) is 0.713. The van der Waals surface area contributed by atoms with Crippen molar-refractivity contribution in [2.45, 2.75) is 25.8 Å². The lowest BCUT2D eigenvalue weighted by atomic mass is 10.1. The number of fused-ring (bicyclic) bond motifs is 1. The molecule has 1 fully saturated rings. The Bertz CT molecular complexity index is 803. The summed E-state index contributed by atoms with van der Waals surface area (Å²) >= 11 is 3.36. The van der Waals surface area contributed by atoms with Gasteiger partial charge >= 0.3 is 0 Å². The van der Waals surface area contributed by atoms with E-state index in [0.29, 0.717) is 6.04 Å². The molecule has 4 rings (SSSR count). The van der Waals surface area contributed by atoms with Gasteiger partial charge in [-0.2, -0.15) is 0 Å². The number of imidazole rings is 1. The minimum Gasteiger partial charge on any atom is -0.336 e. The van der Waals surface area contributed by atoms with Crippen molar-refractivity contribution >= 4 is 38.0 Å². The molecule has 1 aliphatic rings. The molecule has 3 aromatic heterocycles. The number of thiophene rings is 2. The predicted octanol–water partition coefficient (Wildman–Crippen LogP) is 3.95. The number of nitrogens with zero attached hydrogens (tertiary/aromatic N) is 3. The SMILES string of the molecule is Cc1c(C(=O)N2CCC[C@@H](n3ccnc3)C2)sc2ccsc12. The van der Waals surface area contributed by atoms with Crippen LogP contribution >= 0.6 is 22.7 Å². The maximum Gasteiger partial charge on any atom is 0.264 e. The van der Waals surface area contributed by atoms with E-state index in [2.05, 4.69) is 27.9 Å². The first-order chi connectivity index (χ1) is 10.7. The maximum atomic E-state index is 12.9. The van der Waals surface area contributed by atoms with Gasteiger partial charge in [-0.15, -0.1) is 22.7 Å². The minimum absolute atomic E-state index is 0.190. The molecular weight excluding hydrogens is 314 g/mol. The molecule has 4 heterocycles. The number of hydrogen-bond acceptors (Lipinski definition) is 4. The summed E-state index contributed by atoms with van der Waals surface area (Å²) in [4.78, 5) is 20.0. The van der Waals surface area contributed by atoms with Crippen molar-refractivity contribution in [3.63, 3.8) is 0 Å². The molecule has 114 valence electrons. The Labute approximate surface area is 137 Å². The molecule has 0 radical (unpaired) electrons. The summed E-state index contributed by atoms with van der Waals surface area (Å²) < 4.78 is 4.62. The number of amides is 1. The summed E-state index contributed by atoms with van der Waals surface area (Å²) in [6.45, 7) is 3.70. The molecule has 0 spiro atoms. The minimum atomic E-state index is 0.190. The van der Waals surface area contributed by atoms with Crippen molar-refractivity contribution < 1.29 is 4.79 Å². The highest BCUT2D eigenvalue weighted by atomic mass is 32.1. The van der Waals surface area contributed by atoms with Crippen molar-refractivity contribution in [1.29, 1.82) is 0 Å². The highest BCUT2D eigenvalue weighted by Gasteiger charge is 2.27. The second-order valence-electron chi connectivity index (χ2n) is 5.73. The fourth-order valence-electron chi connectivity index (χ4n) is 3.16. The van der Waals surface area contributed by atoms with Crippen LogP contribution < -0.4 is 0 Å². The lowest BCUT2D eigenvalue weighted by Gasteiger charge is -2.33. The predicted molar refractivity (Wildman–Crippen MR) is 90.8 cm³/mol. The van der Waals surface area contributed by atoms with Crippen molar-refractivity contribution in [1.82, 2.24) is 14.5 Å². The first-order valence-electron chi connectivity index (χ1n) is 7.47. The van der Waals surface area contributed by atoms with Crippen LogP contribution in [0.2, 0.25) is 0 Å². The van der Waals surface area contributed by atoms with Crippen molar-refractivity contribution in [3.05, 3.63) is 40.6 Å². The molecule has 6 heteroatoms. The third kappa shape index (κ3) is 2.27. The molecule has 4 nitrogen and oxygen atoms in total. The molecule has 22 heavy (non-hydrogen) atoms. The molecule has 1 saturated heterocycles. The molecule has 0 aliphatic carbocycles. The zero-order chi connectivity index (χ0) is 15.1. The van der Waals surface area contributed by atoms with Gasteiger partial charge < -0.3 is 9.47 Å². The molecule has 0 N–H and O–H groups in total. The lowest BCUT2D eigenvalue weighted by Crippen LogP contribution is -2.40. The second kappa shape index (κ2) is 5.52. The van der Waals surface area contributed by atoms with Crippen LogP contribution in [0.3, 0.4) is 0 Å². The molecule has 0 saturated carbocycles. The molecule has 1 aliphatic heterocycles. The number of aromatic nitrogens is 2. The van der Waals surface area contributed by atoms with Crippen LogP contribution in [0, 0.1) is 6.92 Å². The van der Waals surface area contributed by atoms with Gasteiger partial charge in [-0.05, 0) is 36.8 Å². The number of hydrogen-bond donors (Lipinski definition) is 0. The highest BCUT2D eigenvalue weighted by Crippen LogP contribution is 2.36. The van der Waals surface area contributed by atoms with Crippen molar-refractivity contribution in [2.24, 2.45) is 0 Å². The largest absolute Gasteiger partial charge is 0.336 e. The number of aryl methyl sites for hydroxylation is 1. The fraction of sp³-hybridized carbons (Fsp3) is 0.375. The van der Waals surface area contributed by atoms with E-state index in [4.69, 9.17) is 0 Å². The summed E-state index contributed by atoms with van der Waals surface area (Å²) in [5, 5.41) is 2.10. The topological polar surface area (TPSA) is 38.1 Å². The van der Waals surface area contributed by atoms with E-state index in [1.165, 1.54) is 9.40 Å². The number of rotatable bonds is 2. The Balaban J connectivity index is 1.59. The van der Waals surface area contributed by atoms with E-state index in [1.54, 1.807) is 28.9 Å². The monoisotopic (exact) mass is 331 g/mol. The van der Waals surface area contributed by atoms with E-state index in [9.17, 15) is 4.79 Å². The van der Waals surface area contributed by atoms with Gasteiger partial charge in [0.15, 0.2) is 0 Å². The standard InChI is InChI=1S/C16H17N3OS2/c1-11-14-13(4-8-21-14)22-15(11)16(20)18-6-2-3-12(9-18)19-7-5-17-10-19/h4-5,7-8,10,12H,2-3,6,9H2,1H3/t12-/m1/s1. The molecule has 3 aromatic rings. The third-order valence-corrected chi connectivity index (χ3v) is 6.76. The summed E-state index contributed by atoms with van der Waals surface area (Å²) in [7, 11) is 0. The molecular formula is C16H17N3OS2. The average Bonchev–Trinajstić information content (AvgIpc) is 3.26.